The quantitative estimate of drug-likeness (QED) is 0.594. The van der Waals surface area contributed by atoms with Gasteiger partial charge in [-0.3, -0.25) is 19.1 Å². The van der Waals surface area contributed by atoms with Crippen LogP contribution < -0.4 is 16.8 Å². The number of nitrogens with one attached hydrogen (secondary N) is 2. The highest BCUT2D eigenvalue weighted by molar-refractivity contribution is 5.77. The number of pyridine rings is 1. The number of hydrogen-bond acceptors (Lipinski definition) is 3. The predicted molar refractivity (Wildman–Crippen MR) is 55.2 cm³/mol. The van der Waals surface area contributed by atoms with Crippen molar-refractivity contribution in [3.8, 4) is 0 Å². The molecule has 6 nitrogen and oxygen atoms in total. The number of aromatic amines is 2. The van der Waals surface area contributed by atoms with E-state index >= 15 is 0 Å². The molecule has 0 atom stereocenters. The lowest BCUT2D eigenvalue weighted by Gasteiger charge is -2.04. The van der Waals surface area contributed by atoms with Gasteiger partial charge < -0.3 is 4.98 Å². The van der Waals surface area contributed by atoms with Gasteiger partial charge in [0.15, 0.2) is 0 Å². The van der Waals surface area contributed by atoms with E-state index in [1.54, 1.807) is 6.92 Å². The van der Waals surface area contributed by atoms with E-state index in [9.17, 15) is 14.4 Å². The van der Waals surface area contributed by atoms with Gasteiger partial charge in [-0.05, 0) is 12.5 Å². The number of aryl methyl sites for hydroxylation is 2. The van der Waals surface area contributed by atoms with Gasteiger partial charge in [0, 0.05) is 13.1 Å². The fourth-order valence-electron chi connectivity index (χ4n) is 1.55. The Labute approximate surface area is 83.2 Å². The zero-order valence-corrected chi connectivity index (χ0v) is 8.25. The maximum absolute atomic E-state index is 11.5. The number of nitrogens with zero attached hydrogens (tertiary/aromatic N) is 1. The molecule has 0 bridgehead atoms. The molecule has 0 aliphatic rings. The van der Waals surface area contributed by atoms with Crippen LogP contribution in [0, 0.1) is 6.92 Å². The molecule has 2 heterocycles. The maximum atomic E-state index is 11.5. The van der Waals surface area contributed by atoms with Gasteiger partial charge in [0.1, 0.15) is 5.65 Å². The molecule has 2 aromatic rings. The summed E-state index contributed by atoms with van der Waals surface area (Å²) in [5, 5.41) is 0.330. The minimum Gasteiger partial charge on any atom is -0.308 e. The monoisotopic (exact) mass is 207 g/mol. The average Bonchev–Trinajstić information content (AvgIpc) is 2.12. The first-order valence-electron chi connectivity index (χ1n) is 4.33. The van der Waals surface area contributed by atoms with E-state index in [-0.39, 0.29) is 11.2 Å². The summed E-state index contributed by atoms with van der Waals surface area (Å²) in [6.07, 6.45) is 0. The second kappa shape index (κ2) is 2.94. The topological polar surface area (TPSA) is 87.7 Å². The Balaban J connectivity index is 3.24. The molecule has 0 saturated heterocycles. The molecule has 0 saturated carbocycles. The van der Waals surface area contributed by atoms with Crippen molar-refractivity contribution >= 4 is 11.0 Å². The van der Waals surface area contributed by atoms with E-state index in [4.69, 9.17) is 0 Å². The molecular weight excluding hydrogens is 198 g/mol. The summed E-state index contributed by atoms with van der Waals surface area (Å²) in [4.78, 5) is 38.6. The number of hydrogen-bond donors (Lipinski definition) is 2. The molecule has 2 rings (SSSR count). The van der Waals surface area contributed by atoms with Crippen LogP contribution in [0.1, 0.15) is 5.56 Å². The van der Waals surface area contributed by atoms with Crippen LogP contribution in [-0.2, 0) is 7.05 Å². The van der Waals surface area contributed by atoms with Gasteiger partial charge in [-0.25, -0.2) is 4.79 Å². The van der Waals surface area contributed by atoms with Crippen molar-refractivity contribution in [1.82, 2.24) is 14.5 Å². The van der Waals surface area contributed by atoms with Crippen molar-refractivity contribution in [3.05, 3.63) is 42.8 Å². The molecule has 0 aromatic carbocycles. The van der Waals surface area contributed by atoms with Crippen LogP contribution >= 0.6 is 0 Å². The van der Waals surface area contributed by atoms with Crippen LogP contribution in [0.25, 0.3) is 11.0 Å². The van der Waals surface area contributed by atoms with Gasteiger partial charge in [-0.15, -0.1) is 0 Å². The number of fused-ring (bicyclic) bond motifs is 1. The largest absolute Gasteiger partial charge is 0.329 e. The van der Waals surface area contributed by atoms with Crippen LogP contribution in [0.3, 0.4) is 0 Å². The van der Waals surface area contributed by atoms with Crippen molar-refractivity contribution < 1.29 is 0 Å². The maximum Gasteiger partial charge on any atom is 0.329 e. The molecule has 0 amide bonds. The Bertz CT molecular complexity index is 705. The Hall–Kier alpha value is -2.11. The highest BCUT2D eigenvalue weighted by Crippen LogP contribution is 2.05. The summed E-state index contributed by atoms with van der Waals surface area (Å²) in [5.74, 6) is 0. The van der Waals surface area contributed by atoms with E-state index in [1.807, 2.05) is 0 Å². The van der Waals surface area contributed by atoms with Crippen LogP contribution in [-0.4, -0.2) is 14.5 Å². The minimum absolute atomic E-state index is 0.244. The highest BCUT2D eigenvalue weighted by Gasteiger charge is 2.07. The average molecular weight is 207 g/mol. The fourth-order valence-corrected chi connectivity index (χ4v) is 1.55. The van der Waals surface area contributed by atoms with Crippen LogP contribution in [0.4, 0.5) is 0 Å². The molecule has 0 fully saturated rings. The van der Waals surface area contributed by atoms with Crippen molar-refractivity contribution in [2.24, 2.45) is 7.05 Å². The predicted octanol–water partition coefficient (Wildman–Crippen LogP) is -0.776. The van der Waals surface area contributed by atoms with Crippen molar-refractivity contribution in [2.45, 2.75) is 6.92 Å². The number of H-pyrrole nitrogens is 2. The van der Waals surface area contributed by atoms with E-state index in [2.05, 4.69) is 9.97 Å². The molecule has 2 aromatic heterocycles. The van der Waals surface area contributed by atoms with Gasteiger partial charge in [-0.1, -0.05) is 0 Å². The summed E-state index contributed by atoms with van der Waals surface area (Å²) in [7, 11) is 1.48. The molecule has 0 spiro atoms. The van der Waals surface area contributed by atoms with Gasteiger partial charge in [0.25, 0.3) is 5.56 Å². The Morgan fingerprint density at radius 1 is 1.20 bits per heavy atom. The summed E-state index contributed by atoms with van der Waals surface area (Å²) < 4.78 is 1.20. The van der Waals surface area contributed by atoms with E-state index in [1.165, 1.54) is 17.7 Å². The van der Waals surface area contributed by atoms with E-state index in [0.717, 1.165) is 0 Å². The lowest BCUT2D eigenvalue weighted by molar-refractivity contribution is 0.825. The summed E-state index contributed by atoms with van der Waals surface area (Å²) in [6, 6.07) is 1.32. The first kappa shape index (κ1) is 9.45. The van der Waals surface area contributed by atoms with Gasteiger partial charge in [0.05, 0.1) is 5.39 Å². The second-order valence-electron chi connectivity index (χ2n) is 3.36. The van der Waals surface area contributed by atoms with Gasteiger partial charge in [0.2, 0.25) is 5.56 Å². The smallest absolute Gasteiger partial charge is 0.308 e. The first-order chi connectivity index (χ1) is 7.00. The standard InChI is InChI=1S/C9H9N3O3/c1-4-3-5(13)10-7-6(4)8(14)11-9(15)12(7)2/h3H,1-2H3,(H,10,13)(H,11,14,15). The Morgan fingerprint density at radius 3 is 2.53 bits per heavy atom. The number of aromatic nitrogens is 3. The Kier molecular flexibility index (Phi) is 1.85. The van der Waals surface area contributed by atoms with E-state index < -0.39 is 11.2 Å². The SMILES string of the molecule is Cc1cc(=O)[nH]c2c1c(=O)[nH]c(=O)n2C. The highest BCUT2D eigenvalue weighted by atomic mass is 16.2. The van der Waals surface area contributed by atoms with Crippen molar-refractivity contribution in [3.63, 3.8) is 0 Å². The molecule has 0 radical (unpaired) electrons. The molecule has 78 valence electrons. The molecule has 0 aliphatic carbocycles. The normalized spacial score (nSPS) is 10.8. The third-order valence-electron chi connectivity index (χ3n) is 2.31. The summed E-state index contributed by atoms with van der Waals surface area (Å²) >= 11 is 0. The number of rotatable bonds is 0. The first-order valence-corrected chi connectivity index (χ1v) is 4.33. The van der Waals surface area contributed by atoms with Crippen LogP contribution in [0.2, 0.25) is 0 Å². The van der Waals surface area contributed by atoms with Crippen molar-refractivity contribution in [1.29, 1.82) is 0 Å². The summed E-state index contributed by atoms with van der Waals surface area (Å²) in [5.41, 5.74) is -0.574. The zero-order chi connectivity index (χ0) is 11.2. The van der Waals surface area contributed by atoms with Crippen molar-refractivity contribution in [2.75, 3.05) is 0 Å². The third kappa shape index (κ3) is 1.30. The molecule has 15 heavy (non-hydrogen) atoms. The zero-order valence-electron chi connectivity index (χ0n) is 8.25. The third-order valence-corrected chi connectivity index (χ3v) is 2.31. The second-order valence-corrected chi connectivity index (χ2v) is 3.36. The molecular formula is C9H9N3O3. The van der Waals surface area contributed by atoms with Gasteiger partial charge >= 0.3 is 5.69 Å². The molecule has 0 aliphatic heterocycles. The lowest BCUT2D eigenvalue weighted by Crippen LogP contribution is -2.30. The molecule has 6 heteroatoms. The van der Waals surface area contributed by atoms with Crippen LogP contribution in [0.15, 0.2) is 20.4 Å². The summed E-state index contributed by atoms with van der Waals surface area (Å²) in [6.45, 7) is 1.65. The minimum atomic E-state index is -0.547. The Morgan fingerprint density at radius 2 is 1.87 bits per heavy atom. The van der Waals surface area contributed by atoms with Crippen LogP contribution in [0.5, 0.6) is 0 Å². The molecule has 2 N–H and O–H groups in total. The van der Waals surface area contributed by atoms with E-state index in [0.29, 0.717) is 10.9 Å². The van der Waals surface area contributed by atoms with Gasteiger partial charge in [-0.2, -0.15) is 0 Å². The fraction of sp³-hybridized carbons (Fsp3) is 0.222. The lowest BCUT2D eigenvalue weighted by atomic mass is 10.2. The molecule has 0 unspecified atom stereocenters.